The molecule has 6 heteroatoms. The van der Waals surface area contributed by atoms with Crippen LogP contribution in [0.1, 0.15) is 25.8 Å². The van der Waals surface area contributed by atoms with Crippen LogP contribution in [0.4, 0.5) is 5.69 Å². The zero-order valence-corrected chi connectivity index (χ0v) is 15.2. The zero-order chi connectivity index (χ0) is 18.5. The van der Waals surface area contributed by atoms with Gasteiger partial charge >= 0.3 is 5.97 Å². The number of aromatic nitrogens is 1. The summed E-state index contributed by atoms with van der Waals surface area (Å²) in [5.41, 5.74) is 2.41. The van der Waals surface area contributed by atoms with Gasteiger partial charge in [0.15, 0.2) is 0 Å². The van der Waals surface area contributed by atoms with Gasteiger partial charge in [0.05, 0.1) is 24.2 Å². The first kappa shape index (κ1) is 18.2. The number of anilines is 1. The third kappa shape index (κ3) is 3.94. The molecule has 1 aromatic heterocycles. The van der Waals surface area contributed by atoms with E-state index in [1.807, 2.05) is 31.2 Å². The van der Waals surface area contributed by atoms with Gasteiger partial charge in [-0.3, -0.25) is 9.78 Å². The van der Waals surface area contributed by atoms with Crippen molar-refractivity contribution in [1.82, 2.24) is 10.3 Å². The Labute approximate surface area is 153 Å². The Bertz CT molecular complexity index is 830. The maximum Gasteiger partial charge on any atom is 0.319 e. The van der Waals surface area contributed by atoms with Gasteiger partial charge in [0.25, 0.3) is 0 Å². The molecule has 0 aliphatic carbocycles. The summed E-state index contributed by atoms with van der Waals surface area (Å²) < 4.78 is 5.00. The van der Waals surface area contributed by atoms with Gasteiger partial charge < -0.3 is 15.0 Å². The van der Waals surface area contributed by atoms with E-state index >= 15 is 0 Å². The summed E-state index contributed by atoms with van der Waals surface area (Å²) in [5, 5.41) is 13.6. The average molecular weight is 352 g/mol. The molecule has 2 aromatic rings. The average Bonchev–Trinajstić information content (AvgIpc) is 2.65. The second-order valence-electron chi connectivity index (χ2n) is 6.77. The van der Waals surface area contributed by atoms with Gasteiger partial charge in [-0.05, 0) is 43.5 Å². The van der Waals surface area contributed by atoms with Crippen LogP contribution >= 0.6 is 0 Å². The highest BCUT2D eigenvalue weighted by Gasteiger charge is 2.26. The fourth-order valence-electron chi connectivity index (χ4n) is 3.66. The van der Waals surface area contributed by atoms with E-state index in [-0.39, 0.29) is 18.6 Å². The molecule has 2 unspecified atom stereocenters. The molecule has 0 radical (unpaired) electrons. The minimum atomic E-state index is -0.217. The van der Waals surface area contributed by atoms with Crippen molar-refractivity contribution in [3.8, 4) is 6.07 Å². The van der Waals surface area contributed by atoms with Gasteiger partial charge in [-0.2, -0.15) is 5.26 Å². The standard InChI is InChI=1S/C20H24N4O2/c1-3-26-19(25)11-23-16-9-14(2)12-24(13-16)18-7-6-15(10-21)20-17(18)5-4-8-22-20/h4-8,14,16,23H,3,9,11-13H2,1-2H3. The molecule has 0 saturated carbocycles. The number of carbonyl (C=O) groups is 1. The number of benzene rings is 1. The predicted octanol–water partition coefficient (Wildman–Crippen LogP) is 2.47. The lowest BCUT2D eigenvalue weighted by Crippen LogP contribution is -2.50. The van der Waals surface area contributed by atoms with Crippen molar-refractivity contribution in [3.63, 3.8) is 0 Å². The van der Waals surface area contributed by atoms with Crippen molar-refractivity contribution in [2.24, 2.45) is 5.92 Å². The summed E-state index contributed by atoms with van der Waals surface area (Å²) in [5.74, 6) is 0.274. The molecular weight excluding hydrogens is 328 g/mol. The van der Waals surface area contributed by atoms with Crippen molar-refractivity contribution >= 4 is 22.6 Å². The number of carbonyl (C=O) groups excluding carboxylic acids is 1. The van der Waals surface area contributed by atoms with Crippen LogP contribution in [0.3, 0.4) is 0 Å². The third-order valence-corrected chi connectivity index (χ3v) is 4.71. The van der Waals surface area contributed by atoms with Crippen LogP contribution in [-0.2, 0) is 9.53 Å². The number of piperidine rings is 1. The Balaban J connectivity index is 1.81. The highest BCUT2D eigenvalue weighted by molar-refractivity contribution is 5.95. The number of hydrogen-bond donors (Lipinski definition) is 1. The highest BCUT2D eigenvalue weighted by Crippen LogP contribution is 2.31. The van der Waals surface area contributed by atoms with Crippen molar-refractivity contribution in [2.45, 2.75) is 26.3 Å². The molecule has 0 amide bonds. The maximum absolute atomic E-state index is 11.6. The van der Waals surface area contributed by atoms with Crippen LogP contribution in [0.15, 0.2) is 30.5 Å². The van der Waals surface area contributed by atoms with Crippen LogP contribution in [0.5, 0.6) is 0 Å². The first-order valence-corrected chi connectivity index (χ1v) is 9.04. The fourth-order valence-corrected chi connectivity index (χ4v) is 3.66. The molecule has 0 bridgehead atoms. The van der Waals surface area contributed by atoms with Crippen LogP contribution < -0.4 is 10.2 Å². The second-order valence-corrected chi connectivity index (χ2v) is 6.77. The number of rotatable bonds is 5. The Morgan fingerprint density at radius 1 is 1.42 bits per heavy atom. The molecule has 136 valence electrons. The molecule has 3 rings (SSSR count). The minimum absolute atomic E-state index is 0.213. The van der Waals surface area contributed by atoms with E-state index in [0.717, 1.165) is 36.1 Å². The van der Waals surface area contributed by atoms with Crippen molar-refractivity contribution in [2.75, 3.05) is 31.1 Å². The van der Waals surface area contributed by atoms with Crippen molar-refractivity contribution in [3.05, 3.63) is 36.0 Å². The summed E-state index contributed by atoms with van der Waals surface area (Å²) in [4.78, 5) is 18.3. The Morgan fingerprint density at radius 2 is 2.27 bits per heavy atom. The van der Waals surface area contributed by atoms with E-state index < -0.39 is 0 Å². The lowest BCUT2D eigenvalue weighted by atomic mass is 9.94. The van der Waals surface area contributed by atoms with Crippen LogP contribution in [0.25, 0.3) is 10.9 Å². The molecule has 26 heavy (non-hydrogen) atoms. The maximum atomic E-state index is 11.6. The van der Waals surface area contributed by atoms with E-state index in [1.165, 1.54) is 0 Å². The highest BCUT2D eigenvalue weighted by atomic mass is 16.5. The van der Waals surface area contributed by atoms with Crippen LogP contribution in [0, 0.1) is 17.2 Å². The summed E-state index contributed by atoms with van der Waals surface area (Å²) in [7, 11) is 0. The molecule has 2 heterocycles. The number of nitrogens with zero attached hydrogens (tertiary/aromatic N) is 3. The first-order chi connectivity index (χ1) is 12.6. The number of pyridine rings is 1. The van der Waals surface area contributed by atoms with Gasteiger partial charge in [-0.1, -0.05) is 6.92 Å². The minimum Gasteiger partial charge on any atom is -0.465 e. The Morgan fingerprint density at radius 3 is 3.04 bits per heavy atom. The monoisotopic (exact) mass is 352 g/mol. The fraction of sp³-hybridized carbons (Fsp3) is 0.450. The molecule has 1 fully saturated rings. The van der Waals surface area contributed by atoms with Gasteiger partial charge in [0.2, 0.25) is 0 Å². The van der Waals surface area contributed by atoms with E-state index in [0.29, 0.717) is 18.1 Å². The SMILES string of the molecule is CCOC(=O)CNC1CC(C)CN(c2ccc(C#N)c3ncccc23)C1. The molecule has 1 aliphatic heterocycles. The molecule has 6 nitrogen and oxygen atoms in total. The zero-order valence-electron chi connectivity index (χ0n) is 15.2. The molecule has 2 atom stereocenters. The first-order valence-electron chi connectivity index (χ1n) is 9.04. The molecule has 1 aromatic carbocycles. The Kier molecular flexibility index (Phi) is 5.69. The number of hydrogen-bond acceptors (Lipinski definition) is 6. The quantitative estimate of drug-likeness (QED) is 0.833. The van der Waals surface area contributed by atoms with Gasteiger partial charge in [0, 0.05) is 36.4 Å². The van der Waals surface area contributed by atoms with Crippen molar-refractivity contribution in [1.29, 1.82) is 5.26 Å². The summed E-state index contributed by atoms with van der Waals surface area (Å²) in [6.07, 6.45) is 2.73. The third-order valence-electron chi connectivity index (χ3n) is 4.71. The second kappa shape index (κ2) is 8.15. The Hall–Kier alpha value is -2.65. The van der Waals surface area contributed by atoms with E-state index in [2.05, 4.69) is 28.2 Å². The summed E-state index contributed by atoms with van der Waals surface area (Å²) in [6.45, 7) is 6.40. The number of nitrogens with one attached hydrogen (secondary N) is 1. The van der Waals surface area contributed by atoms with Crippen molar-refractivity contribution < 1.29 is 9.53 Å². The molecule has 0 spiro atoms. The molecular formula is C20H24N4O2. The largest absolute Gasteiger partial charge is 0.465 e. The van der Waals surface area contributed by atoms with Gasteiger partial charge in [-0.15, -0.1) is 0 Å². The summed E-state index contributed by atoms with van der Waals surface area (Å²) in [6, 6.07) is 10.2. The predicted molar refractivity (Wildman–Crippen MR) is 101 cm³/mol. The lowest BCUT2D eigenvalue weighted by Gasteiger charge is -2.38. The van der Waals surface area contributed by atoms with Crippen LogP contribution in [-0.4, -0.2) is 43.2 Å². The smallest absolute Gasteiger partial charge is 0.319 e. The van der Waals surface area contributed by atoms with E-state index in [4.69, 9.17) is 4.74 Å². The van der Waals surface area contributed by atoms with Gasteiger partial charge in [0.1, 0.15) is 6.07 Å². The van der Waals surface area contributed by atoms with Crippen LogP contribution in [0.2, 0.25) is 0 Å². The number of ether oxygens (including phenoxy) is 1. The van der Waals surface area contributed by atoms with Gasteiger partial charge in [-0.25, -0.2) is 0 Å². The topological polar surface area (TPSA) is 78.2 Å². The molecule has 1 aliphatic rings. The normalized spacial score (nSPS) is 20.0. The number of esters is 1. The number of nitriles is 1. The van der Waals surface area contributed by atoms with E-state index in [1.54, 1.807) is 6.20 Å². The molecule has 1 saturated heterocycles. The lowest BCUT2D eigenvalue weighted by molar-refractivity contribution is -0.142. The number of fused-ring (bicyclic) bond motifs is 1. The molecule has 1 N–H and O–H groups in total. The summed E-state index contributed by atoms with van der Waals surface area (Å²) >= 11 is 0. The van der Waals surface area contributed by atoms with E-state index in [9.17, 15) is 10.1 Å².